The quantitative estimate of drug-likeness (QED) is 0.495. The maximum Gasteiger partial charge on any atom is 0.406 e. The zero-order valence-electron chi connectivity index (χ0n) is 14.2. The van der Waals surface area contributed by atoms with E-state index in [1.165, 1.54) is 12.3 Å². The Kier molecular flexibility index (Phi) is 5.38. The smallest absolute Gasteiger partial charge is 0.326 e. The number of hydrogen-bond donors (Lipinski definition) is 0. The molecule has 1 aliphatic rings. The molecule has 0 saturated heterocycles. The molecule has 0 aliphatic carbocycles. The highest BCUT2D eigenvalue weighted by atomic mass is 35.5. The number of benzene rings is 1. The van der Waals surface area contributed by atoms with Crippen molar-refractivity contribution in [3.63, 3.8) is 0 Å². The number of halogens is 7. The van der Waals surface area contributed by atoms with E-state index in [0.717, 1.165) is 11.8 Å². The third kappa shape index (κ3) is 4.14. The molecule has 0 radical (unpaired) electrons. The lowest BCUT2D eigenvalue weighted by Gasteiger charge is -2.34. The van der Waals surface area contributed by atoms with Crippen molar-refractivity contribution in [1.29, 1.82) is 0 Å². The molecule has 0 fully saturated rings. The maximum absolute atomic E-state index is 14.1. The maximum atomic E-state index is 14.1. The molecule has 28 heavy (non-hydrogen) atoms. The molecule has 0 N–H and O–H groups in total. The highest BCUT2D eigenvalue weighted by molar-refractivity contribution is 6.37. The molecule has 148 valence electrons. The van der Waals surface area contributed by atoms with Crippen LogP contribution in [0.25, 0.3) is 5.57 Å². The molecule has 0 spiro atoms. The lowest BCUT2D eigenvalue weighted by molar-refractivity contribution is -0.145. The second-order valence-corrected chi connectivity index (χ2v) is 6.46. The number of pyridine rings is 1. The fourth-order valence-electron chi connectivity index (χ4n) is 2.79. The van der Waals surface area contributed by atoms with Gasteiger partial charge in [-0.3, -0.25) is 9.98 Å². The first-order valence-electron chi connectivity index (χ1n) is 7.90. The van der Waals surface area contributed by atoms with Gasteiger partial charge in [-0.15, -0.1) is 0 Å². The molecule has 2 aromatic rings. The van der Waals surface area contributed by atoms with Crippen LogP contribution in [-0.4, -0.2) is 28.8 Å². The lowest BCUT2D eigenvalue weighted by Crippen LogP contribution is -2.37. The van der Waals surface area contributed by atoms with Crippen molar-refractivity contribution in [2.45, 2.75) is 19.3 Å². The molecular formula is C18H12ClF6N3. The van der Waals surface area contributed by atoms with Crippen LogP contribution in [0.4, 0.5) is 26.3 Å². The molecule has 0 bridgehead atoms. The van der Waals surface area contributed by atoms with Gasteiger partial charge in [-0.05, 0) is 24.6 Å². The Morgan fingerprint density at radius 3 is 2.32 bits per heavy atom. The number of alkyl halides is 3. The van der Waals surface area contributed by atoms with Crippen molar-refractivity contribution >= 4 is 23.4 Å². The van der Waals surface area contributed by atoms with E-state index in [1.54, 1.807) is 13.0 Å². The van der Waals surface area contributed by atoms with Gasteiger partial charge in [0.15, 0.2) is 6.17 Å². The molecule has 1 unspecified atom stereocenters. The minimum Gasteiger partial charge on any atom is -0.326 e. The minimum atomic E-state index is -4.68. The Balaban J connectivity index is 2.13. The van der Waals surface area contributed by atoms with Crippen molar-refractivity contribution < 1.29 is 26.3 Å². The van der Waals surface area contributed by atoms with Crippen molar-refractivity contribution in [2.75, 3.05) is 6.54 Å². The van der Waals surface area contributed by atoms with Crippen LogP contribution in [-0.2, 0) is 0 Å². The van der Waals surface area contributed by atoms with E-state index in [1.807, 2.05) is 0 Å². The van der Waals surface area contributed by atoms with Crippen LogP contribution in [0.15, 0.2) is 40.6 Å². The van der Waals surface area contributed by atoms with Gasteiger partial charge in [0.25, 0.3) is 0 Å². The summed E-state index contributed by atoms with van der Waals surface area (Å²) in [6.45, 7) is 0.190. The average molecular weight is 420 g/mol. The van der Waals surface area contributed by atoms with E-state index in [9.17, 15) is 26.3 Å². The molecule has 2 heterocycles. The predicted molar refractivity (Wildman–Crippen MR) is 92.1 cm³/mol. The third-order valence-electron chi connectivity index (χ3n) is 3.94. The van der Waals surface area contributed by atoms with E-state index < -0.39 is 52.6 Å². The fraction of sp³-hybridized carbons (Fsp3) is 0.222. The fourth-order valence-corrected chi connectivity index (χ4v) is 3.09. The summed E-state index contributed by atoms with van der Waals surface area (Å²) >= 11 is 6.12. The number of aryl methyl sites for hydroxylation is 1. The first-order valence-corrected chi connectivity index (χ1v) is 8.28. The van der Waals surface area contributed by atoms with Gasteiger partial charge in [-0.2, -0.15) is 13.2 Å². The van der Waals surface area contributed by atoms with Crippen molar-refractivity contribution in [2.24, 2.45) is 4.99 Å². The zero-order valence-corrected chi connectivity index (χ0v) is 15.0. The van der Waals surface area contributed by atoms with Crippen LogP contribution in [0.1, 0.15) is 23.0 Å². The second kappa shape index (κ2) is 7.46. The highest BCUT2D eigenvalue weighted by Gasteiger charge is 2.38. The monoisotopic (exact) mass is 419 g/mol. The van der Waals surface area contributed by atoms with E-state index in [4.69, 9.17) is 11.6 Å². The average Bonchev–Trinajstić information content (AvgIpc) is 2.56. The van der Waals surface area contributed by atoms with E-state index >= 15 is 0 Å². The van der Waals surface area contributed by atoms with Crippen LogP contribution in [0, 0.1) is 24.4 Å². The van der Waals surface area contributed by atoms with Crippen LogP contribution in [0.5, 0.6) is 0 Å². The van der Waals surface area contributed by atoms with Gasteiger partial charge in [0, 0.05) is 30.1 Å². The van der Waals surface area contributed by atoms with E-state index in [0.29, 0.717) is 17.0 Å². The summed E-state index contributed by atoms with van der Waals surface area (Å²) in [4.78, 5) is 8.65. The van der Waals surface area contributed by atoms with Gasteiger partial charge in [0.1, 0.15) is 29.2 Å². The highest BCUT2D eigenvalue weighted by Crippen LogP contribution is 2.38. The standard InChI is InChI=1S/C18H12ClF6N3/c1-9-2-3-26-14(4-9)17-27-7-11(16(19)28(17)8-18(23,24)25)15-12(21)5-10(20)6-13(15)22/h2-7,17H,8H2,1H3. The van der Waals surface area contributed by atoms with Gasteiger partial charge in [0.2, 0.25) is 0 Å². The largest absolute Gasteiger partial charge is 0.406 e. The molecule has 1 aromatic heterocycles. The van der Waals surface area contributed by atoms with E-state index in [2.05, 4.69) is 9.98 Å². The summed E-state index contributed by atoms with van der Waals surface area (Å²) in [6.07, 6.45) is -3.56. The van der Waals surface area contributed by atoms with Gasteiger partial charge < -0.3 is 4.90 Å². The molecule has 0 saturated carbocycles. The van der Waals surface area contributed by atoms with Crippen molar-refractivity contribution in [1.82, 2.24) is 9.88 Å². The summed E-state index contributed by atoms with van der Waals surface area (Å²) in [5.74, 6) is -3.79. The minimum absolute atomic E-state index is 0.178. The summed E-state index contributed by atoms with van der Waals surface area (Å²) in [7, 11) is 0. The number of rotatable bonds is 3. The lowest BCUT2D eigenvalue weighted by atomic mass is 10.0. The van der Waals surface area contributed by atoms with Gasteiger partial charge in [-0.1, -0.05) is 11.6 Å². The summed E-state index contributed by atoms with van der Waals surface area (Å²) in [6, 6.07) is 3.99. The molecule has 3 nitrogen and oxygen atoms in total. The van der Waals surface area contributed by atoms with Gasteiger partial charge in [0.05, 0.1) is 11.3 Å². The van der Waals surface area contributed by atoms with Crippen LogP contribution < -0.4 is 0 Å². The molecule has 3 rings (SSSR count). The summed E-state index contributed by atoms with van der Waals surface area (Å²) in [5, 5.41) is -0.579. The topological polar surface area (TPSA) is 28.5 Å². The first kappa shape index (κ1) is 20.2. The summed E-state index contributed by atoms with van der Waals surface area (Å²) in [5.41, 5.74) is -0.283. The van der Waals surface area contributed by atoms with E-state index in [-0.39, 0.29) is 5.69 Å². The van der Waals surface area contributed by atoms with Crippen molar-refractivity contribution in [3.05, 3.63) is 69.9 Å². The second-order valence-electron chi connectivity index (χ2n) is 6.10. The molecular weight excluding hydrogens is 408 g/mol. The summed E-state index contributed by atoms with van der Waals surface area (Å²) < 4.78 is 80.8. The number of nitrogens with zero attached hydrogens (tertiary/aromatic N) is 3. The van der Waals surface area contributed by atoms with Crippen molar-refractivity contribution in [3.8, 4) is 0 Å². The molecule has 1 atom stereocenters. The predicted octanol–water partition coefficient (Wildman–Crippen LogP) is 5.36. The number of aliphatic imine (C=N–C) groups is 1. The number of aromatic nitrogens is 1. The van der Waals surface area contributed by atoms with Gasteiger partial charge >= 0.3 is 6.18 Å². The Morgan fingerprint density at radius 1 is 1.11 bits per heavy atom. The Bertz CT molecular complexity index is 947. The molecule has 10 heteroatoms. The van der Waals surface area contributed by atoms with Crippen LogP contribution >= 0.6 is 11.6 Å². The first-order chi connectivity index (χ1) is 13.1. The van der Waals surface area contributed by atoms with Gasteiger partial charge in [-0.25, -0.2) is 13.2 Å². The number of hydrogen-bond acceptors (Lipinski definition) is 3. The Morgan fingerprint density at radius 2 is 1.75 bits per heavy atom. The molecule has 1 aromatic carbocycles. The third-order valence-corrected chi connectivity index (χ3v) is 4.36. The Labute approximate surface area is 161 Å². The molecule has 1 aliphatic heterocycles. The van der Waals surface area contributed by atoms with Crippen LogP contribution in [0.2, 0.25) is 0 Å². The normalized spacial score (nSPS) is 17.4. The Hall–Kier alpha value is -2.55. The SMILES string of the molecule is Cc1ccnc(C2N=CC(c3c(F)cc(F)cc3F)=C(Cl)N2CC(F)(F)F)c1. The zero-order chi connectivity index (χ0) is 20.6. The molecule has 0 amide bonds. The number of allylic oxidation sites excluding steroid dienone is 1. The van der Waals surface area contributed by atoms with Crippen LogP contribution in [0.3, 0.4) is 0 Å².